The first-order valence-corrected chi connectivity index (χ1v) is 10.1. The lowest BCUT2D eigenvalue weighted by molar-refractivity contribution is -0.115. The van der Waals surface area contributed by atoms with Crippen molar-refractivity contribution in [2.45, 2.75) is 6.92 Å². The molecular formula is C18H14Br2N2O3S. The number of benzene rings is 2. The van der Waals surface area contributed by atoms with Gasteiger partial charge in [-0.3, -0.25) is 4.79 Å². The number of rotatable bonds is 4. The molecule has 2 aromatic rings. The van der Waals surface area contributed by atoms with Crippen LogP contribution in [0.3, 0.4) is 0 Å². The number of halogens is 2. The summed E-state index contributed by atoms with van der Waals surface area (Å²) >= 11 is 8.07. The van der Waals surface area contributed by atoms with Crippen LogP contribution < -0.4 is 10.1 Å². The molecule has 0 aliphatic carbocycles. The molecule has 134 valence electrons. The fourth-order valence-electron chi connectivity index (χ4n) is 2.24. The van der Waals surface area contributed by atoms with E-state index in [2.05, 4.69) is 42.2 Å². The monoisotopic (exact) mass is 496 g/mol. The Hall–Kier alpha value is -1.77. The van der Waals surface area contributed by atoms with E-state index in [1.807, 2.05) is 37.3 Å². The summed E-state index contributed by atoms with van der Waals surface area (Å²) in [6.45, 7) is 2.25. The fourth-order valence-corrected chi connectivity index (χ4v) is 3.90. The van der Waals surface area contributed by atoms with Crippen LogP contribution in [0, 0.1) is 0 Å². The zero-order valence-corrected chi connectivity index (χ0v) is 17.6. The number of carbonyl (C=O) groups is 1. The van der Waals surface area contributed by atoms with Crippen LogP contribution in [0.2, 0.25) is 0 Å². The molecule has 0 aromatic heterocycles. The van der Waals surface area contributed by atoms with Gasteiger partial charge in [-0.25, -0.2) is 4.99 Å². The Morgan fingerprint density at radius 1 is 1.31 bits per heavy atom. The normalized spacial score (nSPS) is 17.0. The van der Waals surface area contributed by atoms with Crippen LogP contribution in [0.5, 0.6) is 11.5 Å². The third kappa shape index (κ3) is 4.13. The smallest absolute Gasteiger partial charge is 0.264 e. The third-order valence-electron chi connectivity index (χ3n) is 3.41. The summed E-state index contributed by atoms with van der Waals surface area (Å²) in [5.41, 5.74) is 1.21. The van der Waals surface area contributed by atoms with Crippen molar-refractivity contribution in [3.05, 3.63) is 55.8 Å². The highest BCUT2D eigenvalue weighted by Gasteiger charge is 2.25. The number of phenols is 1. The van der Waals surface area contributed by atoms with Gasteiger partial charge < -0.3 is 15.2 Å². The number of hydrogen-bond acceptors (Lipinski definition) is 5. The average molecular weight is 498 g/mol. The molecule has 1 fully saturated rings. The lowest BCUT2D eigenvalue weighted by atomic mass is 10.1. The van der Waals surface area contributed by atoms with Gasteiger partial charge in [0.2, 0.25) is 0 Å². The van der Waals surface area contributed by atoms with Crippen molar-refractivity contribution in [1.82, 2.24) is 5.32 Å². The molecule has 0 unspecified atom stereocenters. The SMILES string of the molecule is CCOc1cc(Br)c(Br)c(C=C2SC(=Nc3ccccc3)NC2=O)c1O. The summed E-state index contributed by atoms with van der Waals surface area (Å²) in [5.74, 6) is 0.0428. The molecule has 3 rings (SSSR count). The number of nitrogens with zero attached hydrogens (tertiary/aromatic N) is 1. The summed E-state index contributed by atoms with van der Waals surface area (Å²) in [6, 6.07) is 11.0. The Morgan fingerprint density at radius 3 is 2.73 bits per heavy atom. The van der Waals surface area contributed by atoms with Crippen molar-refractivity contribution in [2.75, 3.05) is 6.61 Å². The van der Waals surface area contributed by atoms with E-state index < -0.39 is 0 Å². The van der Waals surface area contributed by atoms with Gasteiger partial charge in [-0.1, -0.05) is 18.2 Å². The van der Waals surface area contributed by atoms with Crippen LogP contribution in [0.4, 0.5) is 5.69 Å². The number of amidine groups is 1. The van der Waals surface area contributed by atoms with Gasteiger partial charge in [0.1, 0.15) is 0 Å². The molecule has 0 atom stereocenters. The van der Waals surface area contributed by atoms with E-state index in [9.17, 15) is 9.90 Å². The number of aromatic hydroxyl groups is 1. The first-order valence-electron chi connectivity index (χ1n) is 7.68. The lowest BCUT2D eigenvalue weighted by Gasteiger charge is -2.11. The molecule has 1 amide bonds. The van der Waals surface area contributed by atoms with Gasteiger partial charge in [-0.2, -0.15) is 0 Å². The third-order valence-corrected chi connectivity index (χ3v) is 6.33. The average Bonchev–Trinajstić information content (AvgIpc) is 2.96. The molecule has 1 saturated heterocycles. The number of thioether (sulfide) groups is 1. The summed E-state index contributed by atoms with van der Waals surface area (Å²) in [4.78, 5) is 17.1. The maximum atomic E-state index is 12.3. The number of para-hydroxylation sites is 1. The minimum atomic E-state index is -0.270. The number of amides is 1. The number of ether oxygens (including phenoxy) is 1. The highest BCUT2D eigenvalue weighted by molar-refractivity contribution is 9.13. The van der Waals surface area contributed by atoms with E-state index >= 15 is 0 Å². The molecule has 1 aliphatic rings. The Labute approximate surface area is 171 Å². The lowest BCUT2D eigenvalue weighted by Crippen LogP contribution is -2.19. The largest absolute Gasteiger partial charge is 0.504 e. The van der Waals surface area contributed by atoms with Crippen molar-refractivity contribution in [1.29, 1.82) is 0 Å². The topological polar surface area (TPSA) is 70.9 Å². The van der Waals surface area contributed by atoms with Gasteiger partial charge in [0, 0.05) is 14.5 Å². The summed E-state index contributed by atoms with van der Waals surface area (Å²) in [5, 5.41) is 13.7. The van der Waals surface area contributed by atoms with Gasteiger partial charge >= 0.3 is 0 Å². The molecule has 2 N–H and O–H groups in total. The minimum absolute atomic E-state index is 0.0312. The van der Waals surface area contributed by atoms with Crippen molar-refractivity contribution >= 4 is 66.5 Å². The predicted molar refractivity (Wildman–Crippen MR) is 112 cm³/mol. The van der Waals surface area contributed by atoms with Gasteiger partial charge in [0.05, 0.1) is 17.2 Å². The first kappa shape index (κ1) is 19.0. The second-order valence-corrected chi connectivity index (χ2v) is 7.86. The van der Waals surface area contributed by atoms with Crippen LogP contribution in [0.25, 0.3) is 6.08 Å². The Bertz CT molecular complexity index is 914. The van der Waals surface area contributed by atoms with E-state index in [-0.39, 0.29) is 11.7 Å². The highest BCUT2D eigenvalue weighted by Crippen LogP contribution is 2.43. The number of nitrogens with one attached hydrogen (secondary N) is 1. The first-order chi connectivity index (χ1) is 12.5. The van der Waals surface area contributed by atoms with Gasteiger partial charge in [0.25, 0.3) is 5.91 Å². The molecule has 8 heteroatoms. The van der Waals surface area contributed by atoms with Crippen molar-refractivity contribution < 1.29 is 14.6 Å². The summed E-state index contributed by atoms with van der Waals surface area (Å²) < 4.78 is 6.79. The van der Waals surface area contributed by atoms with Crippen LogP contribution in [-0.2, 0) is 4.79 Å². The highest BCUT2D eigenvalue weighted by atomic mass is 79.9. The van der Waals surface area contributed by atoms with Gasteiger partial charge in [-0.15, -0.1) is 0 Å². The summed E-state index contributed by atoms with van der Waals surface area (Å²) in [6.07, 6.45) is 1.61. The maximum absolute atomic E-state index is 12.3. The molecule has 5 nitrogen and oxygen atoms in total. The van der Waals surface area contributed by atoms with E-state index in [0.717, 1.165) is 5.69 Å². The quantitative estimate of drug-likeness (QED) is 0.569. The van der Waals surface area contributed by atoms with Gasteiger partial charge in [-0.05, 0) is 74.8 Å². The van der Waals surface area contributed by atoms with Crippen molar-refractivity contribution in [3.8, 4) is 11.5 Å². The Kier molecular flexibility index (Phi) is 6.05. The zero-order chi connectivity index (χ0) is 18.7. The van der Waals surface area contributed by atoms with Crippen LogP contribution in [0.1, 0.15) is 12.5 Å². The van der Waals surface area contributed by atoms with E-state index in [1.54, 1.807) is 12.1 Å². The van der Waals surface area contributed by atoms with Crippen LogP contribution >= 0.6 is 43.6 Å². The van der Waals surface area contributed by atoms with Crippen molar-refractivity contribution in [3.63, 3.8) is 0 Å². The molecule has 1 aliphatic heterocycles. The molecule has 2 aromatic carbocycles. The molecule has 26 heavy (non-hydrogen) atoms. The molecule has 0 spiro atoms. The second kappa shape index (κ2) is 8.28. The Balaban J connectivity index is 1.96. The zero-order valence-electron chi connectivity index (χ0n) is 13.6. The fraction of sp³-hybridized carbons (Fsp3) is 0.111. The number of phenolic OH excluding ortho intramolecular Hbond substituents is 1. The molecule has 1 heterocycles. The standard InChI is InChI=1S/C18H14Br2N2O3S/c1-2-25-13-9-12(19)15(20)11(16(13)23)8-14-17(24)22-18(26-14)21-10-6-4-3-5-7-10/h3-9,23H,2H2,1H3,(H,21,22,24). The summed E-state index contributed by atoms with van der Waals surface area (Å²) in [7, 11) is 0. The van der Waals surface area contributed by atoms with E-state index in [0.29, 0.717) is 36.9 Å². The molecule has 0 saturated carbocycles. The number of aliphatic imine (C=N–C) groups is 1. The van der Waals surface area contributed by atoms with E-state index in [4.69, 9.17) is 4.74 Å². The van der Waals surface area contributed by atoms with Crippen LogP contribution in [0.15, 0.2) is 55.2 Å². The molecule has 0 radical (unpaired) electrons. The predicted octanol–water partition coefficient (Wildman–Crippen LogP) is 5.21. The maximum Gasteiger partial charge on any atom is 0.264 e. The second-order valence-electron chi connectivity index (χ2n) is 5.18. The Morgan fingerprint density at radius 2 is 2.04 bits per heavy atom. The molecular weight excluding hydrogens is 484 g/mol. The number of hydrogen-bond donors (Lipinski definition) is 2. The van der Waals surface area contributed by atoms with Gasteiger partial charge in [0.15, 0.2) is 16.7 Å². The van der Waals surface area contributed by atoms with Crippen molar-refractivity contribution in [2.24, 2.45) is 4.99 Å². The van der Waals surface area contributed by atoms with Crippen LogP contribution in [-0.4, -0.2) is 22.8 Å². The molecule has 0 bridgehead atoms. The number of carbonyl (C=O) groups excluding carboxylic acids is 1. The van der Waals surface area contributed by atoms with E-state index in [1.165, 1.54) is 11.8 Å². The minimum Gasteiger partial charge on any atom is -0.504 e.